The molecule has 6 nitrogen and oxygen atoms in total. The van der Waals surface area contributed by atoms with E-state index in [1.54, 1.807) is 24.3 Å². The molecule has 1 heterocycles. The Bertz CT molecular complexity index is 950. The Kier molecular flexibility index (Phi) is 6.03. The van der Waals surface area contributed by atoms with Crippen LogP contribution >= 0.6 is 11.3 Å². The van der Waals surface area contributed by atoms with Crippen molar-refractivity contribution in [3.63, 3.8) is 0 Å². The van der Waals surface area contributed by atoms with E-state index in [0.717, 1.165) is 22.2 Å². The second-order valence-electron chi connectivity index (χ2n) is 5.99. The summed E-state index contributed by atoms with van der Waals surface area (Å²) in [5, 5.41) is 3.14. The predicted molar refractivity (Wildman–Crippen MR) is 105 cm³/mol. The van der Waals surface area contributed by atoms with Gasteiger partial charge in [0.25, 0.3) is 5.91 Å². The Morgan fingerprint density at radius 2 is 1.93 bits per heavy atom. The minimum Gasteiger partial charge on any atom is -0.494 e. The fourth-order valence-electron chi connectivity index (χ4n) is 2.36. The lowest BCUT2D eigenvalue weighted by Gasteiger charge is -2.06. The lowest BCUT2D eigenvalue weighted by molar-refractivity contribution is -0.119. The molecule has 1 aromatic heterocycles. The van der Waals surface area contributed by atoms with E-state index in [0.29, 0.717) is 23.1 Å². The molecule has 0 radical (unpaired) electrons. The largest absolute Gasteiger partial charge is 0.494 e. The predicted octanol–water partition coefficient (Wildman–Crippen LogP) is 4.19. The van der Waals surface area contributed by atoms with E-state index in [4.69, 9.17) is 9.47 Å². The zero-order valence-corrected chi connectivity index (χ0v) is 16.0. The minimum absolute atomic E-state index is 0.363. The molecule has 0 aliphatic rings. The third kappa shape index (κ3) is 5.04. The van der Waals surface area contributed by atoms with Crippen molar-refractivity contribution in [2.75, 3.05) is 18.5 Å². The Morgan fingerprint density at radius 1 is 1.15 bits per heavy atom. The molecule has 0 saturated carbocycles. The first-order valence-electron chi connectivity index (χ1n) is 8.62. The normalized spacial score (nSPS) is 10.6. The van der Waals surface area contributed by atoms with Gasteiger partial charge in [0.1, 0.15) is 5.75 Å². The summed E-state index contributed by atoms with van der Waals surface area (Å²) in [6.07, 6.45) is 0.910. The summed E-state index contributed by atoms with van der Waals surface area (Å²) >= 11 is 1.38. The van der Waals surface area contributed by atoms with Crippen LogP contribution in [0.4, 0.5) is 5.13 Å². The third-order valence-corrected chi connectivity index (χ3v) is 4.62. The molecule has 0 unspecified atom stereocenters. The molecule has 0 atom stereocenters. The number of hydrogen-bond acceptors (Lipinski definition) is 6. The maximum atomic E-state index is 12.0. The Balaban J connectivity index is 1.52. The highest BCUT2D eigenvalue weighted by Gasteiger charge is 2.12. The van der Waals surface area contributed by atoms with Gasteiger partial charge < -0.3 is 9.47 Å². The standard InChI is InChI=1S/C20H20N2O4S/c1-3-10-25-15-7-5-14(6-8-15)19(24)26-12-18(23)22-20-21-16-9-4-13(2)11-17(16)27-20/h4-9,11H,3,10,12H2,1-2H3,(H,21,22,23). The van der Waals surface area contributed by atoms with Crippen LogP contribution < -0.4 is 10.1 Å². The number of ether oxygens (including phenoxy) is 2. The maximum Gasteiger partial charge on any atom is 0.338 e. The number of nitrogens with one attached hydrogen (secondary N) is 1. The number of carbonyl (C=O) groups is 2. The van der Waals surface area contributed by atoms with Crippen molar-refractivity contribution >= 4 is 38.6 Å². The number of carbonyl (C=O) groups excluding carboxylic acids is 2. The second kappa shape index (κ2) is 8.64. The molecule has 3 rings (SSSR count). The van der Waals surface area contributed by atoms with Gasteiger partial charge in [-0.2, -0.15) is 0 Å². The van der Waals surface area contributed by atoms with Crippen LogP contribution in [0.3, 0.4) is 0 Å². The first kappa shape index (κ1) is 18.8. The number of benzene rings is 2. The first-order chi connectivity index (χ1) is 13.0. The average Bonchev–Trinajstić information content (AvgIpc) is 3.06. The van der Waals surface area contributed by atoms with Crippen LogP contribution in [0.15, 0.2) is 42.5 Å². The van der Waals surface area contributed by atoms with Gasteiger partial charge >= 0.3 is 5.97 Å². The van der Waals surface area contributed by atoms with E-state index in [1.165, 1.54) is 11.3 Å². The number of thiazole rings is 1. The van der Waals surface area contributed by atoms with E-state index in [1.807, 2.05) is 32.0 Å². The van der Waals surface area contributed by atoms with Crippen LogP contribution in [0, 0.1) is 6.92 Å². The molecule has 0 aliphatic heterocycles. The van der Waals surface area contributed by atoms with E-state index in [-0.39, 0.29) is 6.61 Å². The van der Waals surface area contributed by atoms with Gasteiger partial charge in [0.15, 0.2) is 11.7 Å². The number of nitrogens with zero attached hydrogens (tertiary/aromatic N) is 1. The molecule has 0 saturated heterocycles. The van der Waals surface area contributed by atoms with Gasteiger partial charge in [0.05, 0.1) is 22.4 Å². The molecule has 0 aliphatic carbocycles. The lowest BCUT2D eigenvalue weighted by Crippen LogP contribution is -2.20. The number of aromatic nitrogens is 1. The zero-order chi connectivity index (χ0) is 19.2. The third-order valence-electron chi connectivity index (χ3n) is 3.69. The average molecular weight is 384 g/mol. The number of fused-ring (bicyclic) bond motifs is 1. The highest BCUT2D eigenvalue weighted by Crippen LogP contribution is 2.26. The summed E-state index contributed by atoms with van der Waals surface area (Å²) in [6.45, 7) is 4.27. The molecule has 3 aromatic rings. The molecule has 0 fully saturated rings. The summed E-state index contributed by atoms with van der Waals surface area (Å²) in [5.41, 5.74) is 2.31. The second-order valence-corrected chi connectivity index (χ2v) is 7.02. The van der Waals surface area contributed by atoms with E-state index >= 15 is 0 Å². The topological polar surface area (TPSA) is 77.5 Å². The highest BCUT2D eigenvalue weighted by atomic mass is 32.1. The molecule has 0 bridgehead atoms. The fourth-order valence-corrected chi connectivity index (χ4v) is 3.34. The Morgan fingerprint density at radius 3 is 2.67 bits per heavy atom. The van der Waals surface area contributed by atoms with Crippen LogP contribution in [0.5, 0.6) is 5.75 Å². The molecule has 27 heavy (non-hydrogen) atoms. The molecule has 2 aromatic carbocycles. The fraction of sp³-hybridized carbons (Fsp3) is 0.250. The van der Waals surface area contributed by atoms with Gasteiger partial charge in [0, 0.05) is 0 Å². The molecule has 0 spiro atoms. The van der Waals surface area contributed by atoms with Crippen molar-refractivity contribution in [3.05, 3.63) is 53.6 Å². The van der Waals surface area contributed by atoms with Crippen LogP contribution in [0.1, 0.15) is 29.3 Å². The van der Waals surface area contributed by atoms with Gasteiger partial charge in [-0.15, -0.1) is 0 Å². The zero-order valence-electron chi connectivity index (χ0n) is 15.2. The van der Waals surface area contributed by atoms with Crippen molar-refractivity contribution in [2.45, 2.75) is 20.3 Å². The van der Waals surface area contributed by atoms with Crippen molar-refractivity contribution in [2.24, 2.45) is 0 Å². The Hall–Kier alpha value is -2.93. The van der Waals surface area contributed by atoms with Crippen molar-refractivity contribution in [1.82, 2.24) is 4.98 Å². The minimum atomic E-state index is -0.563. The Labute approximate surface area is 161 Å². The number of rotatable bonds is 7. The number of esters is 1. The number of hydrogen-bond donors (Lipinski definition) is 1. The van der Waals surface area contributed by atoms with E-state index in [9.17, 15) is 9.59 Å². The summed E-state index contributed by atoms with van der Waals surface area (Å²) in [6, 6.07) is 12.5. The summed E-state index contributed by atoms with van der Waals surface area (Å²) < 4.78 is 11.5. The lowest BCUT2D eigenvalue weighted by atomic mass is 10.2. The van der Waals surface area contributed by atoms with Crippen LogP contribution in [-0.2, 0) is 9.53 Å². The summed E-state index contributed by atoms with van der Waals surface area (Å²) in [4.78, 5) is 28.4. The van der Waals surface area contributed by atoms with E-state index in [2.05, 4.69) is 10.3 Å². The van der Waals surface area contributed by atoms with E-state index < -0.39 is 11.9 Å². The molecule has 1 amide bonds. The van der Waals surface area contributed by atoms with Gasteiger partial charge in [-0.25, -0.2) is 9.78 Å². The SMILES string of the molecule is CCCOc1ccc(C(=O)OCC(=O)Nc2nc3ccc(C)cc3s2)cc1. The van der Waals surface area contributed by atoms with Gasteiger partial charge in [0.2, 0.25) is 0 Å². The molecule has 1 N–H and O–H groups in total. The van der Waals surface area contributed by atoms with Crippen LogP contribution in [-0.4, -0.2) is 30.1 Å². The number of anilines is 1. The van der Waals surface area contributed by atoms with Crippen molar-refractivity contribution in [3.8, 4) is 5.75 Å². The summed E-state index contributed by atoms with van der Waals surface area (Å²) in [5.74, 6) is -0.300. The monoisotopic (exact) mass is 384 g/mol. The quantitative estimate of drug-likeness (QED) is 0.618. The number of amides is 1. The van der Waals surface area contributed by atoms with Gasteiger partial charge in [-0.3, -0.25) is 10.1 Å². The smallest absolute Gasteiger partial charge is 0.338 e. The van der Waals surface area contributed by atoms with Gasteiger partial charge in [-0.1, -0.05) is 24.3 Å². The van der Waals surface area contributed by atoms with Crippen molar-refractivity contribution in [1.29, 1.82) is 0 Å². The summed E-state index contributed by atoms with van der Waals surface area (Å²) in [7, 11) is 0. The molecule has 140 valence electrons. The van der Waals surface area contributed by atoms with Crippen LogP contribution in [0.2, 0.25) is 0 Å². The first-order valence-corrected chi connectivity index (χ1v) is 9.44. The van der Waals surface area contributed by atoms with Crippen LogP contribution in [0.25, 0.3) is 10.2 Å². The maximum absolute atomic E-state index is 12.0. The van der Waals surface area contributed by atoms with Crippen molar-refractivity contribution < 1.29 is 19.1 Å². The highest BCUT2D eigenvalue weighted by molar-refractivity contribution is 7.22. The van der Waals surface area contributed by atoms with Gasteiger partial charge in [-0.05, 0) is 55.3 Å². The molecular formula is C20H20N2O4S. The molecular weight excluding hydrogens is 364 g/mol. The number of aryl methyl sites for hydroxylation is 1. The molecule has 7 heteroatoms.